The molecule has 1 atom stereocenters. The van der Waals surface area contributed by atoms with Crippen molar-refractivity contribution in [2.24, 2.45) is 0 Å². The van der Waals surface area contributed by atoms with E-state index in [1.165, 1.54) is 26.2 Å². The number of ketones is 1. The maximum absolute atomic E-state index is 13.3. The zero-order valence-electron chi connectivity index (χ0n) is 19.3. The van der Waals surface area contributed by atoms with Gasteiger partial charge in [0.2, 0.25) is 0 Å². The Bertz CT molecular complexity index is 1370. The van der Waals surface area contributed by atoms with Crippen LogP contribution in [0.3, 0.4) is 0 Å². The number of aliphatic hydroxyl groups is 1. The van der Waals surface area contributed by atoms with Gasteiger partial charge >= 0.3 is 0 Å². The predicted molar refractivity (Wildman–Crippen MR) is 128 cm³/mol. The molecule has 1 N–H and O–H groups in total. The summed E-state index contributed by atoms with van der Waals surface area (Å²) in [5.41, 5.74) is 1.50. The Morgan fingerprint density at radius 3 is 2.23 bits per heavy atom. The highest BCUT2D eigenvalue weighted by Gasteiger charge is 2.47. The Morgan fingerprint density at radius 2 is 1.60 bits per heavy atom. The Labute approximate surface area is 202 Å². The molecule has 1 saturated heterocycles. The number of benzene rings is 3. The molecule has 0 aliphatic carbocycles. The summed E-state index contributed by atoms with van der Waals surface area (Å²) >= 11 is 0. The number of rotatable bonds is 6. The number of carbonyl (C=O) groups excluding carboxylic acids is 2. The number of methoxy groups -OCH3 is 3. The van der Waals surface area contributed by atoms with Gasteiger partial charge in [0.05, 0.1) is 50.1 Å². The van der Waals surface area contributed by atoms with Crippen LogP contribution in [0.2, 0.25) is 0 Å². The number of hydrogen-bond donors (Lipinski definition) is 1. The summed E-state index contributed by atoms with van der Waals surface area (Å²) in [6, 6.07) is 19.1. The zero-order valence-corrected chi connectivity index (χ0v) is 19.3. The number of nitrogens with zero attached hydrogens (tertiary/aromatic N) is 2. The smallest absolute Gasteiger partial charge is 0.300 e. The van der Waals surface area contributed by atoms with Crippen LogP contribution >= 0.6 is 0 Å². The van der Waals surface area contributed by atoms with Crippen LogP contribution in [0.15, 0.2) is 72.3 Å². The monoisotopic (exact) mass is 470 g/mol. The van der Waals surface area contributed by atoms with Crippen LogP contribution in [-0.2, 0) is 9.59 Å². The maximum Gasteiger partial charge on any atom is 0.300 e. The van der Waals surface area contributed by atoms with Gasteiger partial charge in [0.15, 0.2) is 0 Å². The van der Waals surface area contributed by atoms with Crippen LogP contribution in [0.25, 0.3) is 5.76 Å². The second kappa shape index (κ2) is 9.61. The van der Waals surface area contributed by atoms with Crippen LogP contribution < -0.4 is 19.1 Å². The van der Waals surface area contributed by atoms with Crippen molar-refractivity contribution in [3.8, 4) is 23.3 Å². The molecule has 1 amide bonds. The minimum Gasteiger partial charge on any atom is -0.507 e. The first-order chi connectivity index (χ1) is 16.9. The summed E-state index contributed by atoms with van der Waals surface area (Å²) in [5, 5.41) is 20.5. The van der Waals surface area contributed by atoms with E-state index in [2.05, 4.69) is 0 Å². The molecule has 1 unspecified atom stereocenters. The lowest BCUT2D eigenvalue weighted by Gasteiger charge is -2.26. The van der Waals surface area contributed by atoms with E-state index in [1.807, 2.05) is 6.07 Å². The van der Waals surface area contributed by atoms with Gasteiger partial charge in [-0.2, -0.15) is 5.26 Å². The molecule has 4 rings (SSSR count). The highest BCUT2D eigenvalue weighted by Crippen LogP contribution is 2.44. The van der Waals surface area contributed by atoms with Crippen LogP contribution in [0.1, 0.15) is 22.7 Å². The molecule has 3 aromatic rings. The van der Waals surface area contributed by atoms with Crippen molar-refractivity contribution in [1.29, 1.82) is 5.26 Å². The molecule has 0 radical (unpaired) electrons. The van der Waals surface area contributed by atoms with Gasteiger partial charge < -0.3 is 19.3 Å². The lowest BCUT2D eigenvalue weighted by atomic mass is 9.94. The fraction of sp³-hybridized carbons (Fsp3) is 0.148. The number of Topliss-reactive ketones (excluding diaryl/α,β-unsaturated/α-hetero) is 1. The van der Waals surface area contributed by atoms with Crippen molar-refractivity contribution in [1.82, 2.24) is 0 Å². The van der Waals surface area contributed by atoms with Crippen LogP contribution in [0.4, 0.5) is 5.69 Å². The third-order valence-corrected chi connectivity index (χ3v) is 5.79. The molecule has 8 nitrogen and oxygen atoms in total. The summed E-state index contributed by atoms with van der Waals surface area (Å²) in [6.07, 6.45) is 0. The van der Waals surface area contributed by atoms with Crippen molar-refractivity contribution in [3.63, 3.8) is 0 Å². The molecule has 35 heavy (non-hydrogen) atoms. The highest BCUT2D eigenvalue weighted by molar-refractivity contribution is 6.51. The number of hydrogen-bond acceptors (Lipinski definition) is 7. The maximum atomic E-state index is 13.3. The normalized spacial score (nSPS) is 16.6. The van der Waals surface area contributed by atoms with E-state index in [9.17, 15) is 14.7 Å². The Balaban J connectivity index is 1.96. The van der Waals surface area contributed by atoms with Crippen molar-refractivity contribution in [2.75, 3.05) is 26.2 Å². The summed E-state index contributed by atoms with van der Waals surface area (Å²) in [4.78, 5) is 27.9. The van der Waals surface area contributed by atoms with Crippen molar-refractivity contribution >= 4 is 23.1 Å². The molecule has 3 aromatic carbocycles. The summed E-state index contributed by atoms with van der Waals surface area (Å²) in [5.74, 6) is -0.743. The van der Waals surface area contributed by atoms with Gasteiger partial charge in [0.1, 0.15) is 23.0 Å². The topological polar surface area (TPSA) is 109 Å². The Morgan fingerprint density at radius 1 is 0.914 bits per heavy atom. The third kappa shape index (κ3) is 4.15. The van der Waals surface area contributed by atoms with E-state index in [4.69, 9.17) is 19.5 Å². The third-order valence-electron chi connectivity index (χ3n) is 5.79. The van der Waals surface area contributed by atoms with E-state index < -0.39 is 17.7 Å². The molecule has 8 heteroatoms. The van der Waals surface area contributed by atoms with Gasteiger partial charge in [-0.1, -0.05) is 12.1 Å². The first-order valence-electron chi connectivity index (χ1n) is 10.6. The number of nitriles is 1. The zero-order chi connectivity index (χ0) is 25.1. The lowest BCUT2D eigenvalue weighted by Crippen LogP contribution is -2.29. The first-order valence-corrected chi connectivity index (χ1v) is 10.6. The van der Waals surface area contributed by atoms with Gasteiger partial charge in [0.25, 0.3) is 11.7 Å². The van der Waals surface area contributed by atoms with Crippen LogP contribution in [0, 0.1) is 11.3 Å². The van der Waals surface area contributed by atoms with Crippen molar-refractivity contribution < 1.29 is 28.9 Å². The SMILES string of the molecule is COc1cccc(C2/C(=C(/O)c3ccc(OC)cc3OC)C(=O)C(=O)N2c2ccc(C#N)cc2)c1. The molecule has 0 aromatic heterocycles. The average molecular weight is 470 g/mol. The largest absolute Gasteiger partial charge is 0.507 e. The van der Waals surface area contributed by atoms with Gasteiger partial charge in [-0.15, -0.1) is 0 Å². The molecule has 1 fully saturated rings. The number of aliphatic hydroxyl groups excluding tert-OH is 1. The molecule has 1 aliphatic heterocycles. The molecular weight excluding hydrogens is 448 g/mol. The molecule has 0 saturated carbocycles. The molecule has 0 spiro atoms. The number of carbonyl (C=O) groups is 2. The fourth-order valence-corrected chi connectivity index (χ4v) is 4.06. The summed E-state index contributed by atoms with van der Waals surface area (Å²) in [6.45, 7) is 0. The standard InChI is InChI=1S/C27H22N2O6/c1-33-19-6-4-5-17(13-19)24-23(25(30)21-12-11-20(34-2)14-22(21)35-3)26(31)27(32)29(24)18-9-7-16(15-28)8-10-18/h4-14,24,30H,1-3H3/b25-23-. The Hall–Kier alpha value is -4.77. The lowest BCUT2D eigenvalue weighted by molar-refractivity contribution is -0.132. The van der Waals surface area contributed by atoms with E-state index in [0.717, 1.165) is 0 Å². The molecular formula is C27H22N2O6. The fourth-order valence-electron chi connectivity index (χ4n) is 4.06. The summed E-state index contributed by atoms with van der Waals surface area (Å²) in [7, 11) is 4.44. The van der Waals surface area contributed by atoms with Gasteiger partial charge in [-0.25, -0.2) is 0 Å². The first kappa shape index (κ1) is 23.4. The second-order valence-electron chi connectivity index (χ2n) is 7.67. The second-order valence-corrected chi connectivity index (χ2v) is 7.67. The quantitative estimate of drug-likeness (QED) is 0.326. The van der Waals surface area contributed by atoms with E-state index in [-0.39, 0.29) is 22.6 Å². The van der Waals surface area contributed by atoms with E-state index >= 15 is 0 Å². The van der Waals surface area contributed by atoms with Gasteiger partial charge in [0, 0.05) is 11.8 Å². The van der Waals surface area contributed by atoms with Crippen LogP contribution in [0.5, 0.6) is 17.2 Å². The van der Waals surface area contributed by atoms with Crippen molar-refractivity contribution in [3.05, 3.63) is 89.0 Å². The molecule has 1 aliphatic rings. The number of anilines is 1. The molecule has 1 heterocycles. The molecule has 176 valence electrons. The predicted octanol–water partition coefficient (Wildman–Crippen LogP) is 4.21. The van der Waals surface area contributed by atoms with E-state index in [0.29, 0.717) is 28.3 Å². The Kier molecular flexibility index (Phi) is 6.42. The van der Waals surface area contributed by atoms with Crippen molar-refractivity contribution in [2.45, 2.75) is 6.04 Å². The minimum absolute atomic E-state index is 0.101. The minimum atomic E-state index is -0.954. The number of amides is 1. The summed E-state index contributed by atoms with van der Waals surface area (Å²) < 4.78 is 16.0. The van der Waals surface area contributed by atoms with Gasteiger partial charge in [-0.05, 0) is 54.1 Å². The van der Waals surface area contributed by atoms with E-state index in [1.54, 1.807) is 66.7 Å². The average Bonchev–Trinajstić information content (AvgIpc) is 3.18. The van der Waals surface area contributed by atoms with Crippen LogP contribution in [-0.4, -0.2) is 38.1 Å². The highest BCUT2D eigenvalue weighted by atomic mass is 16.5. The molecule has 0 bridgehead atoms. The number of ether oxygens (including phenoxy) is 3. The van der Waals surface area contributed by atoms with Gasteiger partial charge in [-0.3, -0.25) is 14.5 Å².